The first-order valence-electron chi connectivity index (χ1n) is 12.2. The predicted octanol–water partition coefficient (Wildman–Crippen LogP) is 4.06. The summed E-state index contributed by atoms with van der Waals surface area (Å²) in [6, 6.07) is 19.7. The van der Waals surface area contributed by atoms with Crippen molar-refractivity contribution in [3.05, 3.63) is 101 Å². The number of rotatable bonds is 8. The van der Waals surface area contributed by atoms with Gasteiger partial charge in [0.05, 0.1) is 5.57 Å². The zero-order valence-corrected chi connectivity index (χ0v) is 19.9. The summed E-state index contributed by atoms with van der Waals surface area (Å²) < 4.78 is 0. The number of nitrogens with zero attached hydrogens (tertiary/aromatic N) is 1. The van der Waals surface area contributed by atoms with Gasteiger partial charge in [0.25, 0.3) is 5.91 Å². The van der Waals surface area contributed by atoms with Crippen LogP contribution in [-0.2, 0) is 11.2 Å². The van der Waals surface area contributed by atoms with Crippen molar-refractivity contribution in [3.8, 4) is 0 Å². The Hall–Kier alpha value is -4.23. The molecule has 2 aliphatic heterocycles. The van der Waals surface area contributed by atoms with E-state index in [-0.39, 0.29) is 17.3 Å². The summed E-state index contributed by atoms with van der Waals surface area (Å²) in [6.45, 7) is 3.50. The van der Waals surface area contributed by atoms with Crippen molar-refractivity contribution < 1.29 is 14.4 Å². The van der Waals surface area contributed by atoms with Crippen LogP contribution in [0.1, 0.15) is 50.2 Å². The van der Waals surface area contributed by atoms with E-state index in [9.17, 15) is 14.4 Å². The van der Waals surface area contributed by atoms with Gasteiger partial charge in [-0.3, -0.25) is 14.4 Å². The molecule has 0 bridgehead atoms. The second-order valence-corrected chi connectivity index (χ2v) is 9.19. The quantitative estimate of drug-likeness (QED) is 0.333. The van der Waals surface area contributed by atoms with Gasteiger partial charge in [0.15, 0.2) is 5.78 Å². The SMILES string of the molecule is NC(=O)c1cccc(C(=O)c2ccc3c(c2)NC(=O)C3=CNc2ccc(CCN3CCCC3)cc2)c1. The third-order valence-corrected chi connectivity index (χ3v) is 6.73. The number of hydrogen-bond acceptors (Lipinski definition) is 5. The summed E-state index contributed by atoms with van der Waals surface area (Å²) in [7, 11) is 0. The number of nitrogens with two attached hydrogens (primary N) is 1. The second-order valence-electron chi connectivity index (χ2n) is 9.19. The molecule has 0 saturated carbocycles. The molecule has 182 valence electrons. The molecule has 7 heteroatoms. The molecule has 2 amide bonds. The molecule has 2 aliphatic rings. The number of likely N-dealkylation sites (tertiary alicyclic amines) is 1. The van der Waals surface area contributed by atoms with E-state index in [1.807, 2.05) is 12.1 Å². The molecule has 0 aromatic heterocycles. The van der Waals surface area contributed by atoms with Crippen molar-refractivity contribution in [2.75, 3.05) is 30.3 Å². The Morgan fingerprint density at radius 1 is 0.944 bits per heavy atom. The Kier molecular flexibility index (Phi) is 6.64. The molecule has 5 rings (SSSR count). The molecule has 3 aromatic carbocycles. The lowest BCUT2D eigenvalue weighted by molar-refractivity contribution is -0.110. The molecule has 0 spiro atoms. The van der Waals surface area contributed by atoms with E-state index in [0.29, 0.717) is 22.4 Å². The maximum atomic E-state index is 12.9. The van der Waals surface area contributed by atoms with E-state index < -0.39 is 5.91 Å². The monoisotopic (exact) mass is 480 g/mol. The number of carbonyl (C=O) groups excluding carboxylic acids is 3. The molecular formula is C29H28N4O3. The standard InChI is InChI=1S/C29H28N4O3/c30-28(35)22-5-3-4-20(16-22)27(34)21-8-11-24-25(29(36)32-26(24)17-21)18-31-23-9-6-19(7-10-23)12-15-33-13-1-2-14-33/h3-11,16-18,31H,1-2,12-15H2,(H2,30,35)(H,32,36). The van der Waals surface area contributed by atoms with Crippen LogP contribution < -0.4 is 16.4 Å². The first-order chi connectivity index (χ1) is 17.5. The van der Waals surface area contributed by atoms with Gasteiger partial charge in [0.2, 0.25) is 5.91 Å². The number of fused-ring (bicyclic) bond motifs is 1. The summed E-state index contributed by atoms with van der Waals surface area (Å²) in [5.74, 6) is -1.08. The fourth-order valence-corrected chi connectivity index (χ4v) is 4.68. The molecule has 4 N–H and O–H groups in total. The molecule has 1 saturated heterocycles. The molecule has 1 fully saturated rings. The summed E-state index contributed by atoms with van der Waals surface area (Å²) in [6.07, 6.45) is 5.33. The van der Waals surface area contributed by atoms with E-state index in [4.69, 9.17) is 5.73 Å². The van der Waals surface area contributed by atoms with Crippen LogP contribution in [0, 0.1) is 0 Å². The number of hydrogen-bond donors (Lipinski definition) is 3. The average Bonchev–Trinajstić information content (AvgIpc) is 3.53. The minimum atomic E-state index is -0.593. The van der Waals surface area contributed by atoms with Crippen molar-refractivity contribution in [2.45, 2.75) is 19.3 Å². The minimum Gasteiger partial charge on any atom is -0.366 e. The molecule has 7 nitrogen and oxygen atoms in total. The van der Waals surface area contributed by atoms with E-state index in [1.54, 1.807) is 42.6 Å². The highest BCUT2D eigenvalue weighted by Gasteiger charge is 2.25. The van der Waals surface area contributed by atoms with Crippen LogP contribution in [0.5, 0.6) is 0 Å². The Balaban J connectivity index is 1.27. The van der Waals surface area contributed by atoms with Gasteiger partial charge in [-0.15, -0.1) is 0 Å². The number of nitrogens with one attached hydrogen (secondary N) is 2. The summed E-state index contributed by atoms with van der Waals surface area (Å²) >= 11 is 0. The highest BCUT2D eigenvalue weighted by atomic mass is 16.2. The maximum absolute atomic E-state index is 12.9. The highest BCUT2D eigenvalue weighted by Crippen LogP contribution is 2.33. The van der Waals surface area contributed by atoms with Crippen LogP contribution in [-0.4, -0.2) is 42.1 Å². The lowest BCUT2D eigenvalue weighted by Gasteiger charge is -2.14. The Bertz CT molecular complexity index is 1360. The van der Waals surface area contributed by atoms with Crippen molar-refractivity contribution >= 4 is 34.5 Å². The summed E-state index contributed by atoms with van der Waals surface area (Å²) in [5, 5.41) is 6.05. The number of ketones is 1. The van der Waals surface area contributed by atoms with Gasteiger partial charge in [0.1, 0.15) is 0 Å². The Labute approximate surface area is 210 Å². The van der Waals surface area contributed by atoms with Crippen LogP contribution in [0.25, 0.3) is 5.57 Å². The largest absolute Gasteiger partial charge is 0.366 e. The molecule has 36 heavy (non-hydrogen) atoms. The number of amides is 2. The molecular weight excluding hydrogens is 452 g/mol. The lowest BCUT2D eigenvalue weighted by Crippen LogP contribution is -2.21. The third kappa shape index (κ3) is 5.06. The molecule has 0 unspecified atom stereocenters. The highest BCUT2D eigenvalue weighted by molar-refractivity contribution is 6.32. The van der Waals surface area contributed by atoms with Crippen molar-refractivity contribution in [2.24, 2.45) is 5.73 Å². The van der Waals surface area contributed by atoms with Crippen LogP contribution in [0.15, 0.2) is 72.9 Å². The zero-order chi connectivity index (χ0) is 25.1. The number of carbonyl (C=O) groups is 3. The van der Waals surface area contributed by atoms with Gasteiger partial charge >= 0.3 is 0 Å². The van der Waals surface area contributed by atoms with Gasteiger partial charge in [0, 0.05) is 46.4 Å². The van der Waals surface area contributed by atoms with Crippen molar-refractivity contribution in [1.82, 2.24) is 4.90 Å². The van der Waals surface area contributed by atoms with E-state index in [2.05, 4.69) is 27.7 Å². The molecule has 3 aromatic rings. The number of benzene rings is 3. The van der Waals surface area contributed by atoms with Crippen LogP contribution >= 0.6 is 0 Å². The number of anilines is 2. The van der Waals surface area contributed by atoms with Crippen LogP contribution in [0.3, 0.4) is 0 Å². The van der Waals surface area contributed by atoms with Crippen LogP contribution in [0.4, 0.5) is 11.4 Å². The zero-order valence-electron chi connectivity index (χ0n) is 19.9. The Morgan fingerprint density at radius 2 is 1.67 bits per heavy atom. The topological polar surface area (TPSA) is 105 Å². The van der Waals surface area contributed by atoms with E-state index in [0.717, 1.165) is 24.2 Å². The first-order valence-corrected chi connectivity index (χ1v) is 12.2. The summed E-state index contributed by atoms with van der Waals surface area (Å²) in [5.41, 5.74) is 10.3. The van der Waals surface area contributed by atoms with Crippen molar-refractivity contribution in [1.29, 1.82) is 0 Å². The first kappa shape index (κ1) is 23.5. The molecule has 2 heterocycles. The third-order valence-electron chi connectivity index (χ3n) is 6.73. The summed E-state index contributed by atoms with van der Waals surface area (Å²) in [4.78, 5) is 39.5. The second kappa shape index (κ2) is 10.2. The number of primary amides is 1. The predicted molar refractivity (Wildman–Crippen MR) is 141 cm³/mol. The fourth-order valence-electron chi connectivity index (χ4n) is 4.68. The van der Waals surface area contributed by atoms with Crippen molar-refractivity contribution in [3.63, 3.8) is 0 Å². The lowest BCUT2D eigenvalue weighted by atomic mass is 9.98. The Morgan fingerprint density at radius 3 is 2.42 bits per heavy atom. The van der Waals surface area contributed by atoms with E-state index in [1.165, 1.54) is 37.6 Å². The molecule has 0 atom stereocenters. The fraction of sp³-hybridized carbons (Fsp3) is 0.207. The van der Waals surface area contributed by atoms with E-state index >= 15 is 0 Å². The van der Waals surface area contributed by atoms with Crippen LogP contribution in [0.2, 0.25) is 0 Å². The van der Waals surface area contributed by atoms with Gasteiger partial charge in [-0.25, -0.2) is 0 Å². The maximum Gasteiger partial charge on any atom is 0.257 e. The van der Waals surface area contributed by atoms with Gasteiger partial charge in [-0.1, -0.05) is 36.4 Å². The van der Waals surface area contributed by atoms with Gasteiger partial charge in [-0.2, -0.15) is 0 Å². The molecule has 0 aliphatic carbocycles. The normalized spacial score (nSPS) is 16.1. The van der Waals surface area contributed by atoms with Gasteiger partial charge in [-0.05, 0) is 68.2 Å². The van der Waals surface area contributed by atoms with Gasteiger partial charge < -0.3 is 21.3 Å². The minimum absolute atomic E-state index is 0.236. The molecule has 0 radical (unpaired) electrons. The average molecular weight is 481 g/mol. The smallest absolute Gasteiger partial charge is 0.257 e.